The molecular weight excluding hydrogens is 345 g/mol. The number of hydrogen-bond donors (Lipinski definition) is 0. The fourth-order valence-electron chi connectivity index (χ4n) is 2.81. The van der Waals surface area contributed by atoms with Gasteiger partial charge in [0.25, 0.3) is 0 Å². The molecule has 0 saturated carbocycles. The predicted octanol–water partition coefficient (Wildman–Crippen LogP) is 7.76. The van der Waals surface area contributed by atoms with E-state index in [0.29, 0.717) is 0 Å². The van der Waals surface area contributed by atoms with Crippen LogP contribution in [0.3, 0.4) is 0 Å². The molecule has 0 unspecified atom stereocenters. The van der Waals surface area contributed by atoms with E-state index < -0.39 is 0 Å². The van der Waals surface area contributed by atoms with Crippen LogP contribution in [0.4, 0.5) is 0 Å². The van der Waals surface area contributed by atoms with E-state index in [2.05, 4.69) is 96.9 Å². The molecule has 0 amide bonds. The zero-order valence-corrected chi connectivity index (χ0v) is 21.6. The quantitative estimate of drug-likeness (QED) is 0.406. The van der Waals surface area contributed by atoms with Crippen molar-refractivity contribution in [2.75, 3.05) is 0 Å². The van der Waals surface area contributed by atoms with Gasteiger partial charge in [0.05, 0.1) is 0 Å². The third-order valence-corrected chi connectivity index (χ3v) is 5.62. The van der Waals surface area contributed by atoms with Gasteiger partial charge in [-0.25, -0.2) is 34.6 Å². The molecule has 0 bridgehead atoms. The van der Waals surface area contributed by atoms with Crippen LogP contribution in [0.5, 0.6) is 0 Å². The second kappa shape index (κ2) is 10.8. The van der Waals surface area contributed by atoms with Crippen molar-refractivity contribution in [1.29, 1.82) is 0 Å². The predicted molar refractivity (Wildman–Crippen MR) is 116 cm³/mol. The van der Waals surface area contributed by atoms with E-state index in [4.69, 9.17) is 0 Å². The smallest absolute Gasteiger partial charge is 0 e. The van der Waals surface area contributed by atoms with Gasteiger partial charge in [0, 0.05) is 25.8 Å². The van der Waals surface area contributed by atoms with Crippen LogP contribution in [0.15, 0.2) is 0 Å². The first-order chi connectivity index (χ1) is 11.1. The fraction of sp³-hybridized carbons (Fsp3) is 0.560. The van der Waals surface area contributed by atoms with Crippen LogP contribution in [-0.4, -0.2) is 0 Å². The molecule has 0 aliphatic heterocycles. The summed E-state index contributed by atoms with van der Waals surface area (Å²) in [4.78, 5) is 0. The van der Waals surface area contributed by atoms with E-state index in [-0.39, 0.29) is 31.3 Å². The van der Waals surface area contributed by atoms with Gasteiger partial charge in [-0.2, -0.15) is 33.2 Å². The van der Waals surface area contributed by atoms with Crippen LogP contribution in [0.25, 0.3) is 0 Å². The van der Waals surface area contributed by atoms with Gasteiger partial charge in [0.2, 0.25) is 0 Å². The average molecular weight is 387 g/mol. The molecule has 0 fully saturated rings. The molecule has 2 rings (SSSR count). The fourth-order valence-corrected chi connectivity index (χ4v) is 2.81. The van der Waals surface area contributed by atoms with Crippen LogP contribution in [0.1, 0.15) is 76.4 Å². The maximum atomic E-state index is 3.77. The van der Waals surface area contributed by atoms with Gasteiger partial charge in [0.15, 0.2) is 0 Å². The topological polar surface area (TPSA) is 0 Å². The van der Waals surface area contributed by atoms with E-state index >= 15 is 0 Å². The first kappa shape index (κ1) is 27.8. The molecule has 0 N–H and O–H groups in total. The maximum Gasteiger partial charge on any atom is 0 e. The summed E-state index contributed by atoms with van der Waals surface area (Å²) in [7, 11) is 0. The third-order valence-electron chi connectivity index (χ3n) is 5.62. The van der Waals surface area contributed by atoms with Gasteiger partial charge >= 0.3 is 0 Å². The van der Waals surface area contributed by atoms with Crippen molar-refractivity contribution >= 4 is 0 Å². The second-order valence-electron chi connectivity index (χ2n) is 8.81. The Kier molecular flexibility index (Phi) is 11.5. The van der Waals surface area contributed by atoms with E-state index in [9.17, 15) is 0 Å². The molecule has 151 valence electrons. The Morgan fingerprint density at radius 1 is 0.577 bits per heavy atom. The summed E-state index contributed by atoms with van der Waals surface area (Å²) in [6, 6.07) is 0. The molecule has 0 aliphatic rings. The maximum absolute atomic E-state index is 3.77. The minimum Gasteiger partial charge on any atom is -0.731 e. The minimum absolute atomic E-state index is 0. The molecule has 0 heterocycles. The Morgan fingerprint density at radius 3 is 0.808 bits per heavy atom. The van der Waals surface area contributed by atoms with Gasteiger partial charge in [-0.3, -0.25) is 0 Å². The Bertz CT molecular complexity index is 477. The van der Waals surface area contributed by atoms with Gasteiger partial charge in [-0.1, -0.05) is 55.4 Å². The largest absolute Gasteiger partial charge is 0.731 e. The molecule has 2 aromatic carbocycles. The molecule has 0 saturated heterocycles. The number of hydrogen-bond acceptors (Lipinski definition) is 0. The van der Waals surface area contributed by atoms with Gasteiger partial charge < -0.3 is 34.7 Å². The van der Waals surface area contributed by atoms with Gasteiger partial charge in [-0.05, 0) is 0 Å². The zero-order chi connectivity index (χ0) is 20.3. The molecule has 1 radical (unpaired) electrons. The summed E-state index contributed by atoms with van der Waals surface area (Å²) in [5.74, 6) is 0. The van der Waals surface area contributed by atoms with Crippen molar-refractivity contribution in [2.24, 2.45) is 5.41 Å². The average Bonchev–Trinajstić information content (AvgIpc) is 2.77. The SMILES string of the molecule is C[c-]1[c-](C)[c-](C)[c-](C)[c-]1C.Cc1c(C)c(C)[c-](C)c1C.[CH2-]C(C)(C)C.[Sc]. The summed E-state index contributed by atoms with van der Waals surface area (Å²) in [5.41, 5.74) is 14.9. The molecule has 0 nitrogen and oxygen atoms in total. The zero-order valence-electron chi connectivity index (χ0n) is 19.8. The Balaban J connectivity index is 0. The summed E-state index contributed by atoms with van der Waals surface area (Å²) < 4.78 is 0. The van der Waals surface area contributed by atoms with Crippen LogP contribution in [-0.2, 0) is 25.8 Å². The first-order valence-electron chi connectivity index (χ1n) is 9.35. The van der Waals surface area contributed by atoms with E-state index in [0.717, 1.165) is 0 Å². The Morgan fingerprint density at radius 2 is 0.731 bits per heavy atom. The summed E-state index contributed by atoms with van der Waals surface area (Å²) >= 11 is 0. The van der Waals surface area contributed by atoms with Crippen LogP contribution in [0.2, 0.25) is 0 Å². The van der Waals surface area contributed by atoms with Gasteiger partial charge in [0.1, 0.15) is 0 Å². The summed E-state index contributed by atoms with van der Waals surface area (Å²) in [5, 5.41) is 0. The van der Waals surface area contributed by atoms with Gasteiger partial charge in [-0.15, -0.1) is 0 Å². The van der Waals surface area contributed by atoms with E-state index in [1.807, 2.05) is 0 Å². The van der Waals surface area contributed by atoms with E-state index in [1.54, 1.807) is 0 Å². The molecule has 0 spiro atoms. The molecule has 26 heavy (non-hydrogen) atoms. The molecule has 0 atom stereocenters. The standard InChI is InChI=1S/2C10H15.C5H11.Sc/c2*1-6-7(2)9(4)10(5)8(6)3;1-5(2,3)4;/h2*1-5H3;1H2,2-4H3;/q-5;2*-1;. The van der Waals surface area contributed by atoms with Crippen molar-refractivity contribution in [2.45, 2.75) is 90.0 Å². The molecular formula is C25H41Sc-7. The third kappa shape index (κ3) is 7.67. The molecule has 0 aromatic heterocycles. The van der Waals surface area contributed by atoms with Crippen LogP contribution >= 0.6 is 0 Å². The molecule has 2 aromatic rings. The molecule has 0 aliphatic carbocycles. The summed E-state index contributed by atoms with van der Waals surface area (Å²) in [6.07, 6.45) is 0. The van der Waals surface area contributed by atoms with Crippen molar-refractivity contribution in [3.05, 3.63) is 62.6 Å². The number of rotatable bonds is 0. The normalized spacial score (nSPS) is 10.4. The second-order valence-corrected chi connectivity index (χ2v) is 8.81. The minimum atomic E-state index is 0. The monoisotopic (exact) mass is 386 g/mol. The first-order valence-corrected chi connectivity index (χ1v) is 9.35. The Hall–Kier alpha value is -0.430. The van der Waals surface area contributed by atoms with Crippen LogP contribution < -0.4 is 0 Å². The molecule has 1 heteroatoms. The summed E-state index contributed by atoms with van der Waals surface area (Å²) in [6.45, 7) is 32.0. The van der Waals surface area contributed by atoms with Crippen molar-refractivity contribution in [3.8, 4) is 0 Å². The van der Waals surface area contributed by atoms with Crippen molar-refractivity contribution in [3.63, 3.8) is 0 Å². The van der Waals surface area contributed by atoms with Crippen molar-refractivity contribution < 1.29 is 25.8 Å². The Labute approximate surface area is 183 Å². The van der Waals surface area contributed by atoms with Crippen LogP contribution in [0, 0.1) is 81.6 Å². The van der Waals surface area contributed by atoms with Crippen molar-refractivity contribution in [1.82, 2.24) is 0 Å². The van der Waals surface area contributed by atoms with E-state index in [1.165, 1.54) is 55.6 Å².